The topological polar surface area (TPSA) is 45.6 Å². The molecule has 0 saturated carbocycles. The normalized spacial score (nSPS) is 25.1. The second-order valence-electron chi connectivity index (χ2n) is 11.9. The molecule has 3 aliphatic rings. The highest BCUT2D eigenvalue weighted by molar-refractivity contribution is 6.02. The monoisotopic (exact) mass is 530 g/mol. The molecule has 2 bridgehead atoms. The Balaban J connectivity index is 1.38. The Kier molecular flexibility index (Phi) is 6.48. The zero-order valence-electron chi connectivity index (χ0n) is 23.5. The van der Waals surface area contributed by atoms with Gasteiger partial charge in [0.05, 0.1) is 17.7 Å². The van der Waals surface area contributed by atoms with Crippen molar-refractivity contribution in [2.24, 2.45) is 11.8 Å². The number of hydrogen-bond donors (Lipinski definition) is 1. The van der Waals surface area contributed by atoms with Gasteiger partial charge >= 0.3 is 0 Å². The molecule has 4 heteroatoms. The van der Waals surface area contributed by atoms with E-state index in [0.717, 1.165) is 54.2 Å². The molecule has 5 unspecified atom stereocenters. The highest BCUT2D eigenvalue weighted by atomic mass is 16.5. The van der Waals surface area contributed by atoms with Crippen molar-refractivity contribution in [1.29, 1.82) is 0 Å². The molecule has 3 fully saturated rings. The summed E-state index contributed by atoms with van der Waals surface area (Å²) in [7, 11) is 0. The lowest BCUT2D eigenvalue weighted by Crippen LogP contribution is -2.64. The molecule has 4 aromatic carbocycles. The van der Waals surface area contributed by atoms with Gasteiger partial charge in [0.1, 0.15) is 11.9 Å². The van der Waals surface area contributed by atoms with Crippen LogP contribution in [0.4, 0.5) is 0 Å². The molecule has 1 N–H and O–H groups in total. The third-order valence-corrected chi connectivity index (χ3v) is 10.1. The molecule has 0 spiro atoms. The molecule has 0 radical (unpaired) electrons. The first-order chi connectivity index (χ1) is 19.6. The lowest BCUT2D eigenvalue weighted by atomic mass is 9.64. The van der Waals surface area contributed by atoms with E-state index in [-0.39, 0.29) is 17.4 Å². The second kappa shape index (κ2) is 10.2. The number of fused-ring (bicyclic) bond motifs is 6. The fourth-order valence-electron chi connectivity index (χ4n) is 7.97. The maximum atomic E-state index is 10.5. The van der Waals surface area contributed by atoms with Gasteiger partial charge in [-0.25, -0.2) is 0 Å². The molecule has 5 aromatic rings. The third kappa shape index (κ3) is 4.08. The maximum Gasteiger partial charge on any atom is 0.116 e. The summed E-state index contributed by atoms with van der Waals surface area (Å²) in [4.78, 5) is 7.40. The predicted molar refractivity (Wildman–Crippen MR) is 163 cm³/mol. The van der Waals surface area contributed by atoms with Crippen LogP contribution in [-0.4, -0.2) is 33.6 Å². The quantitative estimate of drug-likeness (QED) is 0.215. The van der Waals surface area contributed by atoms with Crippen LogP contribution in [0, 0.1) is 11.8 Å². The van der Waals surface area contributed by atoms with Gasteiger partial charge in [0, 0.05) is 18.1 Å². The van der Waals surface area contributed by atoms with E-state index in [1.165, 1.54) is 39.9 Å². The number of aromatic nitrogens is 1. The van der Waals surface area contributed by atoms with Gasteiger partial charge in [0.2, 0.25) is 0 Å². The van der Waals surface area contributed by atoms with Crippen molar-refractivity contribution in [1.82, 2.24) is 9.88 Å². The Morgan fingerprint density at radius 2 is 1.70 bits per heavy atom. The largest absolute Gasteiger partial charge is 0.508 e. The summed E-state index contributed by atoms with van der Waals surface area (Å²) in [6.07, 6.45) is 6.43. The van der Waals surface area contributed by atoms with Crippen molar-refractivity contribution < 1.29 is 9.84 Å². The van der Waals surface area contributed by atoms with Crippen LogP contribution >= 0.6 is 0 Å². The Hall–Kier alpha value is -3.47. The van der Waals surface area contributed by atoms with Gasteiger partial charge < -0.3 is 9.84 Å². The van der Waals surface area contributed by atoms with Crippen molar-refractivity contribution in [3.05, 3.63) is 96.2 Å². The minimum atomic E-state index is -0.150. The Morgan fingerprint density at radius 1 is 0.950 bits per heavy atom. The van der Waals surface area contributed by atoms with Crippen molar-refractivity contribution in [3.63, 3.8) is 0 Å². The van der Waals surface area contributed by atoms with Gasteiger partial charge in [-0.1, -0.05) is 68.8 Å². The molecule has 1 aromatic heterocycles. The van der Waals surface area contributed by atoms with Gasteiger partial charge in [0.15, 0.2) is 0 Å². The Bertz CT molecular complexity index is 1640. The summed E-state index contributed by atoms with van der Waals surface area (Å²) < 4.78 is 7.28. The number of ether oxygens (including phenoxy) is 1. The molecule has 40 heavy (non-hydrogen) atoms. The first-order valence-corrected chi connectivity index (χ1v) is 14.9. The molecule has 8 rings (SSSR count). The number of pyridine rings is 1. The SMILES string of the molecule is CCC1CN2CCC1CC2(CC)C(OCc1c2ccccc2cc2ccccc12)c1ccnc2ccc(O)cc12. The van der Waals surface area contributed by atoms with Gasteiger partial charge in [-0.3, -0.25) is 9.88 Å². The van der Waals surface area contributed by atoms with Gasteiger partial charge in [-0.15, -0.1) is 0 Å². The fourth-order valence-corrected chi connectivity index (χ4v) is 7.97. The van der Waals surface area contributed by atoms with Gasteiger partial charge in [0.25, 0.3) is 0 Å². The number of benzene rings is 4. The van der Waals surface area contributed by atoms with E-state index in [1.807, 2.05) is 18.3 Å². The number of aromatic hydroxyl groups is 1. The van der Waals surface area contributed by atoms with E-state index in [9.17, 15) is 5.11 Å². The van der Waals surface area contributed by atoms with Crippen molar-refractivity contribution >= 4 is 32.4 Å². The van der Waals surface area contributed by atoms with Crippen LogP contribution in [0.5, 0.6) is 5.75 Å². The average molecular weight is 531 g/mol. The van der Waals surface area contributed by atoms with Gasteiger partial charge in [-0.2, -0.15) is 0 Å². The standard InChI is InChI=1S/C36H38N2O2/c1-3-24-22-38-18-16-27(24)21-36(38,4-2)35(31-15-17-37-34-14-13-28(39)20-32(31)34)40-23-33-29-11-7-5-9-25(29)19-26-10-6-8-12-30(26)33/h5-15,17,19-20,24,27,35,39H,3-4,16,18,21-23H2,1-2H3. The zero-order chi connectivity index (χ0) is 27.3. The molecule has 204 valence electrons. The highest BCUT2D eigenvalue weighted by Gasteiger charge is 2.53. The molecule has 0 aliphatic carbocycles. The first kappa shape index (κ1) is 25.5. The van der Waals surface area contributed by atoms with Crippen LogP contribution in [0.2, 0.25) is 0 Å². The van der Waals surface area contributed by atoms with E-state index < -0.39 is 0 Å². The Labute approximate surface area is 236 Å². The molecule has 4 nitrogen and oxygen atoms in total. The van der Waals surface area contributed by atoms with Crippen LogP contribution in [0.1, 0.15) is 56.8 Å². The number of phenols is 1. The van der Waals surface area contributed by atoms with E-state index in [0.29, 0.717) is 6.61 Å². The van der Waals surface area contributed by atoms with E-state index in [2.05, 4.69) is 84.4 Å². The maximum absolute atomic E-state index is 10.5. The predicted octanol–water partition coefficient (Wildman–Crippen LogP) is 8.41. The molecule has 3 aliphatic heterocycles. The summed E-state index contributed by atoms with van der Waals surface area (Å²) in [6, 6.07) is 27.3. The summed E-state index contributed by atoms with van der Waals surface area (Å²) >= 11 is 0. The number of phenolic OH excluding ortho intramolecular Hbond substituents is 1. The smallest absolute Gasteiger partial charge is 0.116 e. The van der Waals surface area contributed by atoms with Crippen LogP contribution < -0.4 is 0 Å². The molecule has 3 saturated heterocycles. The number of piperidine rings is 3. The second-order valence-corrected chi connectivity index (χ2v) is 11.9. The average Bonchev–Trinajstić information content (AvgIpc) is 3.00. The van der Waals surface area contributed by atoms with E-state index in [1.54, 1.807) is 6.07 Å². The molecule has 0 amide bonds. The third-order valence-electron chi connectivity index (χ3n) is 10.1. The minimum Gasteiger partial charge on any atom is -0.508 e. The van der Waals surface area contributed by atoms with Crippen LogP contribution in [0.3, 0.4) is 0 Å². The van der Waals surface area contributed by atoms with Crippen LogP contribution in [0.15, 0.2) is 85.1 Å². The minimum absolute atomic E-state index is 0.102. The lowest BCUT2D eigenvalue weighted by molar-refractivity contribution is -0.151. The number of rotatable bonds is 7. The summed E-state index contributed by atoms with van der Waals surface area (Å²) in [5.74, 6) is 1.75. The lowest BCUT2D eigenvalue weighted by Gasteiger charge is -2.60. The van der Waals surface area contributed by atoms with Crippen LogP contribution in [0.25, 0.3) is 32.4 Å². The van der Waals surface area contributed by atoms with E-state index >= 15 is 0 Å². The number of nitrogens with zero attached hydrogens (tertiary/aromatic N) is 2. The van der Waals surface area contributed by atoms with E-state index in [4.69, 9.17) is 4.74 Å². The van der Waals surface area contributed by atoms with Crippen molar-refractivity contribution in [2.45, 2.75) is 57.8 Å². The zero-order valence-corrected chi connectivity index (χ0v) is 23.5. The Morgan fingerprint density at radius 3 is 2.38 bits per heavy atom. The first-order valence-electron chi connectivity index (χ1n) is 14.9. The van der Waals surface area contributed by atoms with Crippen molar-refractivity contribution in [3.8, 4) is 5.75 Å². The molecule has 5 atom stereocenters. The number of hydrogen-bond acceptors (Lipinski definition) is 4. The van der Waals surface area contributed by atoms with Crippen LogP contribution in [-0.2, 0) is 11.3 Å². The fraction of sp³-hybridized carbons (Fsp3) is 0.361. The summed E-state index contributed by atoms with van der Waals surface area (Å²) in [5.41, 5.74) is 3.17. The van der Waals surface area contributed by atoms with Gasteiger partial charge in [-0.05, 0) is 101 Å². The van der Waals surface area contributed by atoms with Crippen molar-refractivity contribution in [2.75, 3.05) is 13.1 Å². The molecule has 4 heterocycles. The molecular weight excluding hydrogens is 492 g/mol. The highest BCUT2D eigenvalue weighted by Crippen LogP contribution is 2.53. The molecular formula is C36H38N2O2. The summed E-state index contributed by atoms with van der Waals surface area (Å²) in [5, 5.41) is 16.5. The summed E-state index contributed by atoms with van der Waals surface area (Å²) in [6.45, 7) is 7.47.